The number of benzene rings is 1. The second-order valence-electron chi connectivity index (χ2n) is 3.32. The summed E-state index contributed by atoms with van der Waals surface area (Å²) in [7, 11) is 0. The summed E-state index contributed by atoms with van der Waals surface area (Å²) < 4.78 is 4.77. The van der Waals surface area contributed by atoms with Crippen molar-refractivity contribution < 1.29 is 9.53 Å². The fourth-order valence-corrected chi connectivity index (χ4v) is 1.34. The fourth-order valence-electron chi connectivity index (χ4n) is 1.34. The van der Waals surface area contributed by atoms with Crippen LogP contribution in [0.5, 0.6) is 0 Å². The Bertz CT molecular complexity index is 442. The lowest BCUT2D eigenvalue weighted by molar-refractivity contribution is 0.167. The summed E-state index contributed by atoms with van der Waals surface area (Å²) in [5, 5.41) is 0. The van der Waals surface area contributed by atoms with Crippen molar-refractivity contribution in [2.45, 2.75) is 6.92 Å². The van der Waals surface area contributed by atoms with Gasteiger partial charge >= 0.3 is 6.09 Å². The smallest absolute Gasteiger partial charge is 0.421 e. The minimum Gasteiger partial charge on any atom is -0.447 e. The van der Waals surface area contributed by atoms with Crippen LogP contribution < -0.4 is 0 Å². The van der Waals surface area contributed by atoms with E-state index in [0.717, 1.165) is 11.1 Å². The minimum absolute atomic E-state index is 0.351. The Labute approximate surface area is 88.6 Å². The highest BCUT2D eigenvalue weighted by molar-refractivity contribution is 5.71. The second-order valence-corrected chi connectivity index (χ2v) is 3.32. The number of hydrogen-bond acceptors (Lipinski definition) is 2. The lowest BCUT2D eigenvalue weighted by Crippen LogP contribution is -2.17. The van der Waals surface area contributed by atoms with E-state index < -0.39 is 0 Å². The molecule has 76 valence electrons. The maximum Gasteiger partial charge on any atom is 0.421 e. The molecule has 1 amide bonds. The molecule has 0 N–H and O–H groups in total. The summed E-state index contributed by atoms with van der Waals surface area (Å²) in [6.45, 7) is 2.98. The van der Waals surface area contributed by atoms with Crippen LogP contribution in [0, 0.1) is 18.9 Å². The third-order valence-electron chi connectivity index (χ3n) is 2.23. The molecule has 0 bridgehead atoms. The first-order valence-electron chi connectivity index (χ1n) is 4.79. The van der Waals surface area contributed by atoms with Gasteiger partial charge in [-0.1, -0.05) is 18.2 Å². The van der Waals surface area contributed by atoms with Crippen molar-refractivity contribution in [3.8, 4) is 12.0 Å². The van der Waals surface area contributed by atoms with Crippen molar-refractivity contribution in [2.24, 2.45) is 0 Å². The topological polar surface area (TPSA) is 29.5 Å². The van der Waals surface area contributed by atoms with Gasteiger partial charge in [-0.15, -0.1) is 0 Å². The Kier molecular flexibility index (Phi) is 2.59. The molecule has 3 heteroatoms. The van der Waals surface area contributed by atoms with Crippen LogP contribution in [0.15, 0.2) is 24.3 Å². The van der Waals surface area contributed by atoms with E-state index in [1.54, 1.807) is 0 Å². The van der Waals surface area contributed by atoms with Crippen molar-refractivity contribution in [3.05, 3.63) is 35.4 Å². The van der Waals surface area contributed by atoms with Gasteiger partial charge in [0.25, 0.3) is 0 Å². The van der Waals surface area contributed by atoms with Gasteiger partial charge in [-0.2, -0.15) is 0 Å². The van der Waals surface area contributed by atoms with Gasteiger partial charge in [-0.05, 0) is 24.5 Å². The quantitative estimate of drug-likeness (QED) is 0.598. The molecule has 0 spiro atoms. The van der Waals surface area contributed by atoms with Crippen LogP contribution >= 0.6 is 0 Å². The highest BCUT2D eigenvalue weighted by Crippen LogP contribution is 2.06. The summed E-state index contributed by atoms with van der Waals surface area (Å²) in [5.41, 5.74) is 2.05. The lowest BCUT2D eigenvalue weighted by atomic mass is 10.1. The van der Waals surface area contributed by atoms with Gasteiger partial charge in [0.1, 0.15) is 6.61 Å². The molecular formula is C12H11NO2. The molecule has 1 fully saturated rings. The van der Waals surface area contributed by atoms with Crippen LogP contribution in [0.3, 0.4) is 0 Å². The molecular weight excluding hydrogens is 190 g/mol. The van der Waals surface area contributed by atoms with Gasteiger partial charge in [-0.25, -0.2) is 9.69 Å². The molecule has 1 saturated heterocycles. The number of carbonyl (C=O) groups is 1. The molecule has 0 saturated carbocycles. The molecule has 0 unspecified atom stereocenters. The SMILES string of the molecule is Cc1ccccc1C#CN1CCOC1=O. The summed E-state index contributed by atoms with van der Waals surface area (Å²) in [6.07, 6.45) is -0.351. The number of rotatable bonds is 0. The molecule has 2 rings (SSSR count). The minimum atomic E-state index is -0.351. The first-order chi connectivity index (χ1) is 7.27. The number of hydrogen-bond donors (Lipinski definition) is 0. The maximum absolute atomic E-state index is 11.1. The number of amides is 1. The second kappa shape index (κ2) is 4.05. The molecule has 1 aromatic carbocycles. The Morgan fingerprint density at radius 3 is 2.87 bits per heavy atom. The van der Waals surface area contributed by atoms with Crippen LogP contribution in [0.2, 0.25) is 0 Å². The molecule has 3 nitrogen and oxygen atoms in total. The third-order valence-corrected chi connectivity index (χ3v) is 2.23. The van der Waals surface area contributed by atoms with Gasteiger partial charge in [0.05, 0.1) is 6.54 Å². The van der Waals surface area contributed by atoms with Crippen molar-refractivity contribution in [3.63, 3.8) is 0 Å². The highest BCUT2D eigenvalue weighted by atomic mass is 16.6. The summed E-state index contributed by atoms with van der Waals surface area (Å²) in [4.78, 5) is 12.5. The Balaban J connectivity index is 2.18. The van der Waals surface area contributed by atoms with Crippen LogP contribution in [-0.4, -0.2) is 24.1 Å². The van der Waals surface area contributed by atoms with Crippen LogP contribution in [0.25, 0.3) is 0 Å². The normalized spacial score (nSPS) is 14.5. The van der Waals surface area contributed by atoms with E-state index in [9.17, 15) is 4.79 Å². The zero-order chi connectivity index (χ0) is 10.7. The van der Waals surface area contributed by atoms with E-state index in [0.29, 0.717) is 13.2 Å². The van der Waals surface area contributed by atoms with E-state index in [4.69, 9.17) is 4.74 Å². The van der Waals surface area contributed by atoms with Gasteiger partial charge in [0.2, 0.25) is 0 Å². The van der Waals surface area contributed by atoms with Crippen molar-refractivity contribution >= 4 is 6.09 Å². The van der Waals surface area contributed by atoms with Crippen molar-refractivity contribution in [1.29, 1.82) is 0 Å². The van der Waals surface area contributed by atoms with Crippen molar-refractivity contribution in [2.75, 3.05) is 13.2 Å². The zero-order valence-corrected chi connectivity index (χ0v) is 8.49. The molecule has 15 heavy (non-hydrogen) atoms. The highest BCUT2D eigenvalue weighted by Gasteiger charge is 2.19. The summed E-state index contributed by atoms with van der Waals surface area (Å²) in [6, 6.07) is 10.6. The van der Waals surface area contributed by atoms with E-state index >= 15 is 0 Å². The van der Waals surface area contributed by atoms with E-state index in [2.05, 4.69) is 12.0 Å². The lowest BCUT2D eigenvalue weighted by Gasteiger charge is -2.00. The first-order valence-corrected chi connectivity index (χ1v) is 4.79. The Morgan fingerprint density at radius 2 is 2.20 bits per heavy atom. The average Bonchev–Trinajstić information content (AvgIpc) is 2.63. The zero-order valence-electron chi connectivity index (χ0n) is 8.49. The Hall–Kier alpha value is -1.95. The number of ether oxygens (including phenoxy) is 1. The molecule has 1 aliphatic rings. The molecule has 1 aromatic rings. The molecule has 0 atom stereocenters. The predicted octanol–water partition coefficient (Wildman–Crippen LogP) is 1.76. The monoisotopic (exact) mass is 201 g/mol. The van der Waals surface area contributed by atoms with Gasteiger partial charge < -0.3 is 4.74 Å². The van der Waals surface area contributed by atoms with E-state index in [-0.39, 0.29) is 6.09 Å². The molecule has 1 heterocycles. The predicted molar refractivity (Wildman–Crippen MR) is 56.1 cm³/mol. The fraction of sp³-hybridized carbons (Fsp3) is 0.250. The standard InChI is InChI=1S/C12H11NO2/c1-10-4-2-3-5-11(10)6-7-13-8-9-15-12(13)14/h2-5H,8-9H2,1H3. The van der Waals surface area contributed by atoms with E-state index in [1.165, 1.54) is 4.90 Å². The molecule has 0 aliphatic carbocycles. The van der Waals surface area contributed by atoms with Gasteiger partial charge in [-0.3, -0.25) is 0 Å². The number of carbonyl (C=O) groups excluding carboxylic acids is 1. The maximum atomic E-state index is 11.1. The number of aryl methyl sites for hydroxylation is 1. The van der Waals surface area contributed by atoms with Gasteiger partial charge in [0, 0.05) is 11.6 Å². The largest absolute Gasteiger partial charge is 0.447 e. The van der Waals surface area contributed by atoms with Crippen LogP contribution in [0.1, 0.15) is 11.1 Å². The first kappa shape index (κ1) is 9.60. The van der Waals surface area contributed by atoms with E-state index in [1.807, 2.05) is 31.2 Å². The van der Waals surface area contributed by atoms with Crippen LogP contribution in [0.4, 0.5) is 4.79 Å². The van der Waals surface area contributed by atoms with Crippen LogP contribution in [-0.2, 0) is 4.74 Å². The molecule has 0 aromatic heterocycles. The molecule has 1 aliphatic heterocycles. The summed E-state index contributed by atoms with van der Waals surface area (Å²) in [5.74, 6) is 2.96. The summed E-state index contributed by atoms with van der Waals surface area (Å²) >= 11 is 0. The van der Waals surface area contributed by atoms with Crippen molar-refractivity contribution in [1.82, 2.24) is 4.90 Å². The molecule has 0 radical (unpaired) electrons. The Morgan fingerprint density at radius 1 is 1.40 bits per heavy atom. The number of cyclic esters (lactones) is 1. The third kappa shape index (κ3) is 2.10. The van der Waals surface area contributed by atoms with Gasteiger partial charge in [0.15, 0.2) is 0 Å². The average molecular weight is 201 g/mol. The number of nitrogens with zero attached hydrogens (tertiary/aromatic N) is 1.